The highest BCUT2D eigenvalue weighted by molar-refractivity contribution is 7.13. The van der Waals surface area contributed by atoms with Gasteiger partial charge in [-0.2, -0.15) is 0 Å². The lowest BCUT2D eigenvalue weighted by molar-refractivity contribution is 0.0986. The first-order chi connectivity index (χ1) is 5.66. The number of rotatable bonds is 3. The van der Waals surface area contributed by atoms with Crippen molar-refractivity contribution in [1.29, 1.82) is 0 Å². The van der Waals surface area contributed by atoms with E-state index in [1.165, 1.54) is 11.3 Å². The van der Waals surface area contributed by atoms with E-state index in [0.717, 1.165) is 16.9 Å². The van der Waals surface area contributed by atoms with Gasteiger partial charge in [-0.15, -0.1) is 11.3 Å². The van der Waals surface area contributed by atoms with Crippen LogP contribution in [0.2, 0.25) is 5.02 Å². The van der Waals surface area contributed by atoms with Crippen molar-refractivity contribution in [3.8, 4) is 0 Å². The Labute approximate surface area is 81.4 Å². The lowest BCUT2D eigenvalue weighted by Crippen LogP contribution is -1.94. The number of hydrogen-bond donors (Lipinski definition) is 0. The number of Topliss-reactive ketones (excluding diaryl/α,β-unsaturated/α-hetero) is 1. The van der Waals surface area contributed by atoms with E-state index in [9.17, 15) is 4.79 Å². The Balaban J connectivity index is 2.88. The Hall–Kier alpha value is -0.340. The van der Waals surface area contributed by atoms with E-state index in [-0.39, 0.29) is 5.78 Å². The van der Waals surface area contributed by atoms with Crippen molar-refractivity contribution in [3.63, 3.8) is 0 Å². The maximum Gasteiger partial charge on any atom is 0.174 e. The maximum absolute atomic E-state index is 11.4. The fraction of sp³-hybridized carbons (Fsp3) is 0.444. The van der Waals surface area contributed by atoms with Crippen LogP contribution in [0.4, 0.5) is 0 Å². The van der Waals surface area contributed by atoms with Gasteiger partial charge in [0.15, 0.2) is 5.78 Å². The fourth-order valence-electron chi connectivity index (χ4n) is 0.959. The monoisotopic (exact) mass is 202 g/mol. The van der Waals surface area contributed by atoms with E-state index in [1.807, 2.05) is 19.2 Å². The number of thiophene rings is 1. The van der Waals surface area contributed by atoms with E-state index >= 15 is 0 Å². The highest BCUT2D eigenvalue weighted by atomic mass is 35.5. The molecule has 66 valence electrons. The molecule has 0 bridgehead atoms. The van der Waals surface area contributed by atoms with Crippen LogP contribution in [0, 0.1) is 6.92 Å². The Kier molecular flexibility index (Phi) is 3.29. The predicted octanol–water partition coefficient (Wildman–Crippen LogP) is 3.69. The van der Waals surface area contributed by atoms with E-state index in [0.29, 0.717) is 11.4 Å². The van der Waals surface area contributed by atoms with Gasteiger partial charge >= 0.3 is 0 Å². The normalized spacial score (nSPS) is 10.2. The molecule has 1 heterocycles. The summed E-state index contributed by atoms with van der Waals surface area (Å²) >= 11 is 7.37. The molecule has 0 saturated carbocycles. The van der Waals surface area contributed by atoms with Gasteiger partial charge in [-0.1, -0.05) is 18.5 Å². The van der Waals surface area contributed by atoms with Crippen LogP contribution in [0.15, 0.2) is 5.38 Å². The van der Waals surface area contributed by atoms with Gasteiger partial charge in [0, 0.05) is 6.42 Å². The van der Waals surface area contributed by atoms with Gasteiger partial charge < -0.3 is 0 Å². The largest absolute Gasteiger partial charge is 0.293 e. The first-order valence-electron chi connectivity index (χ1n) is 3.93. The van der Waals surface area contributed by atoms with Crippen molar-refractivity contribution in [2.75, 3.05) is 0 Å². The van der Waals surface area contributed by atoms with E-state index < -0.39 is 0 Å². The van der Waals surface area contributed by atoms with Gasteiger partial charge in [-0.3, -0.25) is 4.79 Å². The summed E-state index contributed by atoms with van der Waals surface area (Å²) < 4.78 is 0. The van der Waals surface area contributed by atoms with Crippen LogP contribution in [0.1, 0.15) is 35.0 Å². The quantitative estimate of drug-likeness (QED) is 0.684. The lowest BCUT2D eigenvalue weighted by atomic mass is 10.2. The zero-order valence-electron chi connectivity index (χ0n) is 7.19. The number of hydrogen-bond acceptors (Lipinski definition) is 2. The summed E-state index contributed by atoms with van der Waals surface area (Å²) in [6, 6.07) is 0. The van der Waals surface area contributed by atoms with Crippen molar-refractivity contribution in [3.05, 3.63) is 20.8 Å². The molecule has 0 amide bonds. The molecule has 1 rings (SSSR count). The molecule has 0 atom stereocenters. The third kappa shape index (κ3) is 1.87. The van der Waals surface area contributed by atoms with Gasteiger partial charge in [-0.05, 0) is 24.3 Å². The molecule has 1 aromatic heterocycles. The number of carbonyl (C=O) groups is 1. The first-order valence-corrected chi connectivity index (χ1v) is 5.19. The van der Waals surface area contributed by atoms with Crippen LogP contribution in [0.25, 0.3) is 0 Å². The summed E-state index contributed by atoms with van der Waals surface area (Å²) in [6.07, 6.45) is 1.48. The standard InChI is InChI=1S/C9H11ClOS/c1-3-4-7(11)9-8(10)6(2)5-12-9/h5H,3-4H2,1-2H3. The molecule has 1 aromatic rings. The first kappa shape index (κ1) is 9.75. The molecule has 0 aliphatic carbocycles. The zero-order valence-corrected chi connectivity index (χ0v) is 8.76. The smallest absolute Gasteiger partial charge is 0.174 e. The second kappa shape index (κ2) is 4.06. The van der Waals surface area contributed by atoms with Gasteiger partial charge in [-0.25, -0.2) is 0 Å². The lowest BCUT2D eigenvalue weighted by Gasteiger charge is -1.95. The van der Waals surface area contributed by atoms with Gasteiger partial charge in [0.1, 0.15) is 0 Å². The van der Waals surface area contributed by atoms with Crippen LogP contribution in [0.3, 0.4) is 0 Å². The van der Waals surface area contributed by atoms with Crippen molar-refractivity contribution >= 4 is 28.7 Å². The van der Waals surface area contributed by atoms with E-state index in [2.05, 4.69) is 0 Å². The summed E-state index contributed by atoms with van der Waals surface area (Å²) in [6.45, 7) is 3.91. The number of aryl methyl sites for hydroxylation is 1. The van der Waals surface area contributed by atoms with Gasteiger partial charge in [0.25, 0.3) is 0 Å². The minimum absolute atomic E-state index is 0.167. The van der Waals surface area contributed by atoms with Crippen LogP contribution in [-0.2, 0) is 0 Å². The Bertz CT molecular complexity index is 291. The molecular formula is C9H11ClOS. The minimum Gasteiger partial charge on any atom is -0.293 e. The Morgan fingerprint density at radius 2 is 2.33 bits per heavy atom. The molecule has 0 saturated heterocycles. The Morgan fingerprint density at radius 1 is 1.67 bits per heavy atom. The molecule has 0 aromatic carbocycles. The van der Waals surface area contributed by atoms with Crippen LogP contribution < -0.4 is 0 Å². The summed E-state index contributed by atoms with van der Waals surface area (Å²) in [7, 11) is 0. The topological polar surface area (TPSA) is 17.1 Å². The SMILES string of the molecule is CCCC(=O)c1scc(C)c1Cl. The molecule has 0 spiro atoms. The minimum atomic E-state index is 0.167. The molecule has 0 unspecified atom stereocenters. The number of ketones is 1. The van der Waals surface area contributed by atoms with E-state index in [4.69, 9.17) is 11.6 Å². The molecule has 12 heavy (non-hydrogen) atoms. The summed E-state index contributed by atoms with van der Waals surface area (Å²) in [5.41, 5.74) is 1.00. The van der Waals surface area contributed by atoms with Crippen molar-refractivity contribution in [1.82, 2.24) is 0 Å². The summed E-state index contributed by atoms with van der Waals surface area (Å²) in [4.78, 5) is 12.1. The fourth-order valence-corrected chi connectivity index (χ4v) is 2.23. The predicted molar refractivity (Wildman–Crippen MR) is 53.3 cm³/mol. The average molecular weight is 203 g/mol. The molecule has 0 radical (unpaired) electrons. The van der Waals surface area contributed by atoms with Crippen LogP contribution >= 0.6 is 22.9 Å². The maximum atomic E-state index is 11.4. The van der Waals surface area contributed by atoms with Gasteiger partial charge in [0.2, 0.25) is 0 Å². The summed E-state index contributed by atoms with van der Waals surface area (Å²) in [5, 5.41) is 2.56. The second-order valence-corrected chi connectivity index (χ2v) is 3.99. The zero-order chi connectivity index (χ0) is 9.14. The van der Waals surface area contributed by atoms with Gasteiger partial charge in [0.05, 0.1) is 9.90 Å². The number of carbonyl (C=O) groups excluding carboxylic acids is 1. The molecule has 0 aliphatic heterocycles. The molecule has 1 nitrogen and oxygen atoms in total. The molecule has 0 fully saturated rings. The second-order valence-electron chi connectivity index (χ2n) is 2.73. The molecule has 3 heteroatoms. The molecule has 0 aliphatic rings. The molecular weight excluding hydrogens is 192 g/mol. The van der Waals surface area contributed by atoms with Crippen molar-refractivity contribution in [2.24, 2.45) is 0 Å². The van der Waals surface area contributed by atoms with Crippen LogP contribution in [-0.4, -0.2) is 5.78 Å². The third-order valence-electron chi connectivity index (χ3n) is 1.63. The third-order valence-corrected chi connectivity index (χ3v) is 3.37. The summed E-state index contributed by atoms with van der Waals surface area (Å²) in [5.74, 6) is 0.167. The Morgan fingerprint density at radius 3 is 2.75 bits per heavy atom. The number of halogens is 1. The van der Waals surface area contributed by atoms with Crippen LogP contribution in [0.5, 0.6) is 0 Å². The average Bonchev–Trinajstić information content (AvgIpc) is 2.34. The van der Waals surface area contributed by atoms with Crippen molar-refractivity contribution < 1.29 is 4.79 Å². The highest BCUT2D eigenvalue weighted by Gasteiger charge is 2.12. The van der Waals surface area contributed by atoms with Crippen molar-refractivity contribution in [2.45, 2.75) is 26.7 Å². The highest BCUT2D eigenvalue weighted by Crippen LogP contribution is 2.28. The van der Waals surface area contributed by atoms with E-state index in [1.54, 1.807) is 0 Å². The molecule has 0 N–H and O–H groups in total.